The molecule has 2 heterocycles. The summed E-state index contributed by atoms with van der Waals surface area (Å²) < 4.78 is 0. The van der Waals surface area contributed by atoms with Gasteiger partial charge in [0.15, 0.2) is 0 Å². The first kappa shape index (κ1) is 12.8. The van der Waals surface area contributed by atoms with E-state index in [-0.39, 0.29) is 18.6 Å². The van der Waals surface area contributed by atoms with Crippen molar-refractivity contribution in [3.63, 3.8) is 0 Å². The van der Waals surface area contributed by atoms with E-state index in [0.717, 1.165) is 25.8 Å². The van der Waals surface area contributed by atoms with Crippen molar-refractivity contribution in [2.45, 2.75) is 25.3 Å². The largest absolute Gasteiger partial charge is 0.394 e. The lowest BCUT2D eigenvalue weighted by atomic mass is 10.0. The summed E-state index contributed by atoms with van der Waals surface area (Å²) in [6, 6.07) is 0.0792. The second-order valence-corrected chi connectivity index (χ2v) is 4.71. The van der Waals surface area contributed by atoms with Gasteiger partial charge in [-0.2, -0.15) is 15.0 Å². The van der Waals surface area contributed by atoms with Gasteiger partial charge in [0.05, 0.1) is 12.6 Å². The number of piperidine rings is 1. The third kappa shape index (κ3) is 2.61. The highest BCUT2D eigenvalue weighted by Gasteiger charge is 2.24. The van der Waals surface area contributed by atoms with E-state index < -0.39 is 0 Å². The van der Waals surface area contributed by atoms with Crippen molar-refractivity contribution in [1.82, 2.24) is 15.0 Å². The summed E-state index contributed by atoms with van der Waals surface area (Å²) in [6.45, 7) is 0.963. The molecule has 1 fully saturated rings. The fourth-order valence-corrected chi connectivity index (χ4v) is 2.15. The van der Waals surface area contributed by atoms with Crippen LogP contribution in [0.4, 0.5) is 17.8 Å². The number of nitrogen functional groups attached to an aromatic ring is 1. The number of nitrogens with zero attached hydrogens (tertiary/aromatic N) is 5. The highest BCUT2D eigenvalue weighted by molar-refractivity contribution is 5.43. The lowest BCUT2D eigenvalue weighted by Gasteiger charge is -2.34. The molecule has 1 unspecified atom stereocenters. The summed E-state index contributed by atoms with van der Waals surface area (Å²) in [4.78, 5) is 16.5. The Hall–Kier alpha value is -1.63. The maximum absolute atomic E-state index is 9.42. The fraction of sp³-hybridized carbons (Fsp3) is 0.727. The number of aliphatic hydroxyl groups is 1. The van der Waals surface area contributed by atoms with Gasteiger partial charge >= 0.3 is 0 Å². The van der Waals surface area contributed by atoms with Crippen LogP contribution in [0.25, 0.3) is 0 Å². The van der Waals surface area contributed by atoms with Gasteiger partial charge in [0.25, 0.3) is 0 Å². The Labute approximate surface area is 107 Å². The molecule has 7 nitrogen and oxygen atoms in total. The SMILES string of the molecule is CN(C)c1nc(N)nc(N2CCCCC2CO)n1. The molecule has 0 aliphatic carbocycles. The molecule has 1 aliphatic rings. The average Bonchev–Trinajstić information content (AvgIpc) is 2.38. The lowest BCUT2D eigenvalue weighted by Crippen LogP contribution is -2.43. The van der Waals surface area contributed by atoms with E-state index in [1.165, 1.54) is 0 Å². The van der Waals surface area contributed by atoms with Gasteiger partial charge in [-0.15, -0.1) is 0 Å². The van der Waals surface area contributed by atoms with Crippen LogP contribution in [0.15, 0.2) is 0 Å². The molecular formula is C11H20N6O. The van der Waals surface area contributed by atoms with Gasteiger partial charge in [-0.1, -0.05) is 0 Å². The number of aliphatic hydroxyl groups excluding tert-OH is 1. The van der Waals surface area contributed by atoms with E-state index in [1.54, 1.807) is 4.90 Å². The number of aromatic nitrogens is 3. The summed E-state index contributed by atoms with van der Waals surface area (Å²) in [5.74, 6) is 1.32. The maximum Gasteiger partial charge on any atom is 0.232 e. The molecule has 2 rings (SSSR count). The zero-order valence-electron chi connectivity index (χ0n) is 10.9. The van der Waals surface area contributed by atoms with E-state index in [1.807, 2.05) is 19.0 Å². The molecule has 18 heavy (non-hydrogen) atoms. The first-order valence-corrected chi connectivity index (χ1v) is 6.18. The van der Waals surface area contributed by atoms with Crippen molar-refractivity contribution in [1.29, 1.82) is 0 Å². The van der Waals surface area contributed by atoms with E-state index in [0.29, 0.717) is 11.9 Å². The van der Waals surface area contributed by atoms with Crippen molar-refractivity contribution < 1.29 is 5.11 Å². The number of nitrogens with two attached hydrogens (primary N) is 1. The molecule has 0 aromatic carbocycles. The van der Waals surface area contributed by atoms with Crippen molar-refractivity contribution >= 4 is 17.8 Å². The third-order valence-corrected chi connectivity index (χ3v) is 3.12. The molecule has 0 amide bonds. The minimum Gasteiger partial charge on any atom is -0.394 e. The second-order valence-electron chi connectivity index (χ2n) is 4.71. The molecule has 0 spiro atoms. The summed E-state index contributed by atoms with van der Waals surface area (Å²) in [5, 5.41) is 9.42. The average molecular weight is 252 g/mol. The quantitative estimate of drug-likeness (QED) is 0.774. The van der Waals surface area contributed by atoms with Crippen molar-refractivity contribution in [3.8, 4) is 0 Å². The molecule has 1 saturated heterocycles. The molecule has 3 N–H and O–H groups in total. The van der Waals surface area contributed by atoms with E-state index >= 15 is 0 Å². The first-order chi connectivity index (χ1) is 8.61. The van der Waals surface area contributed by atoms with E-state index in [2.05, 4.69) is 15.0 Å². The monoisotopic (exact) mass is 252 g/mol. The van der Waals surface area contributed by atoms with Crippen LogP contribution in [0.2, 0.25) is 0 Å². The van der Waals surface area contributed by atoms with Gasteiger partial charge < -0.3 is 20.6 Å². The Bertz CT molecular complexity index is 411. The molecule has 7 heteroatoms. The number of hydrogen-bond acceptors (Lipinski definition) is 7. The number of anilines is 3. The predicted octanol–water partition coefficient (Wildman–Crippen LogP) is -0.129. The first-order valence-electron chi connectivity index (χ1n) is 6.18. The summed E-state index contributed by atoms with van der Waals surface area (Å²) >= 11 is 0. The summed E-state index contributed by atoms with van der Waals surface area (Å²) in [6.07, 6.45) is 3.17. The Morgan fingerprint density at radius 3 is 2.78 bits per heavy atom. The van der Waals surface area contributed by atoms with Gasteiger partial charge in [-0.05, 0) is 19.3 Å². The molecular weight excluding hydrogens is 232 g/mol. The summed E-state index contributed by atoms with van der Waals surface area (Å²) in [5.41, 5.74) is 5.71. The smallest absolute Gasteiger partial charge is 0.232 e. The lowest BCUT2D eigenvalue weighted by molar-refractivity contribution is 0.239. The van der Waals surface area contributed by atoms with Crippen LogP contribution in [-0.2, 0) is 0 Å². The van der Waals surface area contributed by atoms with Crippen LogP contribution in [0.1, 0.15) is 19.3 Å². The van der Waals surface area contributed by atoms with E-state index in [4.69, 9.17) is 5.73 Å². The van der Waals surface area contributed by atoms with E-state index in [9.17, 15) is 5.11 Å². The highest BCUT2D eigenvalue weighted by Crippen LogP contribution is 2.23. The van der Waals surface area contributed by atoms with Crippen molar-refractivity contribution in [3.05, 3.63) is 0 Å². The molecule has 100 valence electrons. The Morgan fingerprint density at radius 1 is 1.33 bits per heavy atom. The fourth-order valence-electron chi connectivity index (χ4n) is 2.15. The van der Waals surface area contributed by atoms with Crippen LogP contribution in [-0.4, -0.2) is 53.3 Å². The van der Waals surface area contributed by atoms with Gasteiger partial charge in [0, 0.05) is 20.6 Å². The maximum atomic E-state index is 9.42. The van der Waals surface area contributed by atoms with Crippen LogP contribution in [0.3, 0.4) is 0 Å². The molecule has 1 aliphatic heterocycles. The number of hydrogen-bond donors (Lipinski definition) is 2. The molecule has 1 aromatic rings. The van der Waals surface area contributed by atoms with Gasteiger partial charge in [-0.25, -0.2) is 0 Å². The molecule has 0 saturated carbocycles. The molecule has 0 radical (unpaired) electrons. The van der Waals surface area contributed by atoms with Crippen molar-refractivity contribution in [2.24, 2.45) is 0 Å². The Kier molecular flexibility index (Phi) is 3.81. The van der Waals surface area contributed by atoms with Crippen molar-refractivity contribution in [2.75, 3.05) is 42.8 Å². The van der Waals surface area contributed by atoms with Crippen LogP contribution in [0.5, 0.6) is 0 Å². The third-order valence-electron chi connectivity index (χ3n) is 3.12. The zero-order chi connectivity index (χ0) is 13.1. The highest BCUT2D eigenvalue weighted by atomic mass is 16.3. The summed E-state index contributed by atoms with van der Waals surface area (Å²) in [7, 11) is 3.72. The Morgan fingerprint density at radius 2 is 2.11 bits per heavy atom. The normalized spacial score (nSPS) is 19.9. The molecule has 0 bridgehead atoms. The van der Waals surface area contributed by atoms with Crippen LogP contribution in [0, 0.1) is 0 Å². The molecule has 1 aromatic heterocycles. The zero-order valence-corrected chi connectivity index (χ0v) is 10.9. The van der Waals surface area contributed by atoms with Crippen LogP contribution < -0.4 is 15.5 Å². The van der Waals surface area contributed by atoms with Gasteiger partial charge in [-0.3, -0.25) is 0 Å². The minimum atomic E-state index is 0.0792. The standard InChI is InChI=1S/C11H20N6O/c1-16(2)10-13-9(12)14-11(15-10)17-6-4-3-5-8(17)7-18/h8,18H,3-7H2,1-2H3,(H2,12,13,14,15). The predicted molar refractivity (Wildman–Crippen MR) is 70.6 cm³/mol. The second kappa shape index (κ2) is 5.34. The topological polar surface area (TPSA) is 91.4 Å². The minimum absolute atomic E-state index is 0.0792. The molecule has 1 atom stereocenters. The van der Waals surface area contributed by atoms with Crippen LogP contribution >= 0.6 is 0 Å². The number of rotatable bonds is 3. The van der Waals surface area contributed by atoms with Gasteiger partial charge in [0.1, 0.15) is 0 Å². The Balaban J connectivity index is 2.30. The van der Waals surface area contributed by atoms with Gasteiger partial charge in [0.2, 0.25) is 17.8 Å².